The summed E-state index contributed by atoms with van der Waals surface area (Å²) in [5, 5.41) is 3.74. The number of carbonyl (C=O) groups excluding carboxylic acids is 1. The summed E-state index contributed by atoms with van der Waals surface area (Å²) in [5.41, 5.74) is 0.647. The molecule has 0 saturated carbocycles. The molecule has 0 spiro atoms. The highest BCUT2D eigenvalue weighted by atomic mass is 79.9. The van der Waals surface area contributed by atoms with Crippen molar-refractivity contribution in [3.63, 3.8) is 0 Å². The smallest absolute Gasteiger partial charge is 0.269 e. The van der Waals surface area contributed by atoms with Crippen molar-refractivity contribution >= 4 is 21.8 Å². The van der Waals surface area contributed by atoms with Gasteiger partial charge in [-0.1, -0.05) is 29.8 Å². The van der Waals surface area contributed by atoms with Crippen molar-refractivity contribution in [2.75, 3.05) is 11.9 Å². The Bertz CT molecular complexity index is 346. The SMILES string of the molecule is Cn1cncc1C(=O)NCC(C)(C)CBr. The molecule has 1 heterocycles. The summed E-state index contributed by atoms with van der Waals surface area (Å²) in [7, 11) is 1.80. The number of rotatable bonds is 4. The molecule has 0 unspecified atom stereocenters. The zero-order valence-electron chi connectivity index (χ0n) is 9.25. The maximum absolute atomic E-state index is 11.7. The quantitative estimate of drug-likeness (QED) is 0.847. The Kier molecular flexibility index (Phi) is 3.90. The molecule has 0 saturated heterocycles. The molecule has 1 aromatic rings. The maximum Gasteiger partial charge on any atom is 0.269 e. The van der Waals surface area contributed by atoms with E-state index in [9.17, 15) is 4.79 Å². The molecule has 0 fully saturated rings. The van der Waals surface area contributed by atoms with Gasteiger partial charge in [0.25, 0.3) is 5.91 Å². The summed E-state index contributed by atoms with van der Waals surface area (Å²) in [4.78, 5) is 15.6. The molecule has 84 valence electrons. The van der Waals surface area contributed by atoms with Crippen molar-refractivity contribution in [1.29, 1.82) is 0 Å². The number of nitrogens with one attached hydrogen (secondary N) is 1. The highest BCUT2D eigenvalue weighted by Crippen LogP contribution is 2.16. The van der Waals surface area contributed by atoms with Crippen molar-refractivity contribution < 1.29 is 4.79 Å². The van der Waals surface area contributed by atoms with Gasteiger partial charge in [0.1, 0.15) is 5.69 Å². The van der Waals surface area contributed by atoms with Crippen LogP contribution in [0, 0.1) is 5.41 Å². The van der Waals surface area contributed by atoms with Gasteiger partial charge in [-0.05, 0) is 5.41 Å². The summed E-state index contributed by atoms with van der Waals surface area (Å²) in [5.74, 6) is -0.0796. The molecular formula is C10H16BrN3O. The summed E-state index contributed by atoms with van der Waals surface area (Å²) in [6, 6.07) is 0. The van der Waals surface area contributed by atoms with Crippen LogP contribution < -0.4 is 5.32 Å². The molecule has 0 aromatic carbocycles. The number of carbonyl (C=O) groups is 1. The molecular weight excluding hydrogens is 258 g/mol. The third-order valence-corrected chi connectivity index (χ3v) is 3.66. The minimum absolute atomic E-state index is 0.0637. The largest absolute Gasteiger partial charge is 0.350 e. The second kappa shape index (κ2) is 4.79. The lowest BCUT2D eigenvalue weighted by Gasteiger charge is -2.21. The van der Waals surface area contributed by atoms with Crippen LogP contribution in [0.5, 0.6) is 0 Å². The van der Waals surface area contributed by atoms with E-state index in [1.165, 1.54) is 0 Å². The van der Waals surface area contributed by atoms with Gasteiger partial charge in [0.05, 0.1) is 12.5 Å². The van der Waals surface area contributed by atoms with Crippen molar-refractivity contribution in [3.8, 4) is 0 Å². The van der Waals surface area contributed by atoms with Gasteiger partial charge >= 0.3 is 0 Å². The van der Waals surface area contributed by atoms with E-state index < -0.39 is 0 Å². The van der Waals surface area contributed by atoms with Gasteiger partial charge < -0.3 is 9.88 Å². The Hall–Kier alpha value is -0.840. The van der Waals surface area contributed by atoms with Crippen molar-refractivity contribution in [2.45, 2.75) is 13.8 Å². The molecule has 15 heavy (non-hydrogen) atoms. The van der Waals surface area contributed by atoms with Gasteiger partial charge in [-0.15, -0.1) is 0 Å². The molecule has 5 heteroatoms. The number of aromatic nitrogens is 2. The topological polar surface area (TPSA) is 46.9 Å². The Morgan fingerprint density at radius 3 is 2.80 bits per heavy atom. The summed E-state index contributed by atoms with van der Waals surface area (Å²) >= 11 is 3.42. The molecule has 0 atom stereocenters. The Balaban J connectivity index is 2.55. The molecule has 0 bridgehead atoms. The van der Waals surface area contributed by atoms with Crippen LogP contribution in [0.1, 0.15) is 24.3 Å². The van der Waals surface area contributed by atoms with Gasteiger partial charge in [-0.25, -0.2) is 4.98 Å². The summed E-state index contributed by atoms with van der Waals surface area (Å²) in [6.45, 7) is 4.82. The fourth-order valence-electron chi connectivity index (χ4n) is 1.03. The number of imidazole rings is 1. The Labute approximate surface area is 98.2 Å². The van der Waals surface area contributed by atoms with Crippen LogP contribution in [0.2, 0.25) is 0 Å². The lowest BCUT2D eigenvalue weighted by Crippen LogP contribution is -2.35. The normalized spacial score (nSPS) is 11.5. The van der Waals surface area contributed by atoms with Gasteiger partial charge in [-0.3, -0.25) is 4.79 Å². The fourth-order valence-corrected chi connectivity index (χ4v) is 1.23. The predicted octanol–water partition coefficient (Wildman–Crippen LogP) is 1.57. The number of halogens is 1. The maximum atomic E-state index is 11.7. The average molecular weight is 274 g/mol. The van der Waals surface area contributed by atoms with Gasteiger partial charge in [0, 0.05) is 18.9 Å². The predicted molar refractivity (Wildman–Crippen MR) is 63.1 cm³/mol. The molecule has 1 aromatic heterocycles. The number of aryl methyl sites for hydroxylation is 1. The lowest BCUT2D eigenvalue weighted by molar-refractivity contribution is 0.0932. The van der Waals surface area contributed by atoms with Crippen LogP contribution in [0.4, 0.5) is 0 Å². The van der Waals surface area contributed by atoms with E-state index in [4.69, 9.17) is 0 Å². The zero-order valence-corrected chi connectivity index (χ0v) is 10.8. The first-order chi connectivity index (χ1) is 6.96. The minimum Gasteiger partial charge on any atom is -0.350 e. The molecule has 0 radical (unpaired) electrons. The van der Waals surface area contributed by atoms with Crippen LogP contribution in [-0.2, 0) is 7.05 Å². The molecule has 0 aliphatic rings. The molecule has 0 aliphatic heterocycles. The fraction of sp³-hybridized carbons (Fsp3) is 0.600. The Morgan fingerprint density at radius 2 is 2.33 bits per heavy atom. The van der Waals surface area contributed by atoms with E-state index in [1.807, 2.05) is 0 Å². The van der Waals surface area contributed by atoms with Gasteiger partial charge in [-0.2, -0.15) is 0 Å². The van der Waals surface area contributed by atoms with Crippen molar-refractivity contribution in [1.82, 2.24) is 14.9 Å². The highest BCUT2D eigenvalue weighted by molar-refractivity contribution is 9.09. The van der Waals surface area contributed by atoms with E-state index in [2.05, 4.69) is 40.1 Å². The number of hydrogen-bond acceptors (Lipinski definition) is 2. The zero-order chi connectivity index (χ0) is 11.5. The number of hydrogen-bond donors (Lipinski definition) is 1. The first-order valence-electron chi connectivity index (χ1n) is 4.77. The monoisotopic (exact) mass is 273 g/mol. The first-order valence-corrected chi connectivity index (χ1v) is 5.89. The summed E-state index contributed by atoms with van der Waals surface area (Å²) < 4.78 is 1.70. The van der Waals surface area contributed by atoms with E-state index in [0.717, 1.165) is 5.33 Å². The van der Waals surface area contributed by atoms with Crippen LogP contribution >= 0.6 is 15.9 Å². The number of alkyl halides is 1. The number of amides is 1. The molecule has 4 nitrogen and oxygen atoms in total. The second-order valence-corrected chi connectivity index (χ2v) is 4.93. The molecule has 1 N–H and O–H groups in total. The van der Waals surface area contributed by atoms with Crippen molar-refractivity contribution in [2.24, 2.45) is 12.5 Å². The van der Waals surface area contributed by atoms with Gasteiger partial charge in [0.2, 0.25) is 0 Å². The second-order valence-electron chi connectivity index (χ2n) is 4.37. The average Bonchev–Trinajstić information content (AvgIpc) is 2.61. The highest BCUT2D eigenvalue weighted by Gasteiger charge is 2.18. The first kappa shape index (κ1) is 12.2. The minimum atomic E-state index is -0.0796. The van der Waals surface area contributed by atoms with Crippen LogP contribution in [-0.4, -0.2) is 27.3 Å². The third-order valence-electron chi connectivity index (χ3n) is 2.14. The summed E-state index contributed by atoms with van der Waals surface area (Å²) in [6.07, 6.45) is 3.18. The van der Waals surface area contributed by atoms with Crippen LogP contribution in [0.25, 0.3) is 0 Å². The molecule has 1 rings (SSSR count). The van der Waals surface area contributed by atoms with E-state index >= 15 is 0 Å². The molecule has 0 aliphatic carbocycles. The number of nitrogens with zero attached hydrogens (tertiary/aromatic N) is 2. The van der Waals surface area contributed by atoms with Crippen LogP contribution in [0.3, 0.4) is 0 Å². The van der Waals surface area contributed by atoms with Gasteiger partial charge in [0.15, 0.2) is 0 Å². The van der Waals surface area contributed by atoms with Crippen LogP contribution in [0.15, 0.2) is 12.5 Å². The van der Waals surface area contributed by atoms with E-state index in [0.29, 0.717) is 12.2 Å². The lowest BCUT2D eigenvalue weighted by atomic mass is 9.97. The molecule has 1 amide bonds. The third kappa shape index (κ3) is 3.34. The van der Waals surface area contributed by atoms with E-state index in [-0.39, 0.29) is 11.3 Å². The van der Waals surface area contributed by atoms with E-state index in [1.54, 1.807) is 24.1 Å². The van der Waals surface area contributed by atoms with Crippen molar-refractivity contribution in [3.05, 3.63) is 18.2 Å². The Morgan fingerprint density at radius 1 is 1.67 bits per heavy atom. The standard InChI is InChI=1S/C10H16BrN3O/c1-10(2,5-11)6-13-9(15)8-4-12-7-14(8)3/h4,7H,5-6H2,1-3H3,(H,13,15).